The van der Waals surface area contributed by atoms with E-state index in [0.29, 0.717) is 13.2 Å². The fourth-order valence-electron chi connectivity index (χ4n) is 2.17. The summed E-state index contributed by atoms with van der Waals surface area (Å²) >= 11 is 0. The van der Waals surface area contributed by atoms with Crippen molar-refractivity contribution in [3.05, 3.63) is 54.6 Å². The van der Waals surface area contributed by atoms with Crippen molar-refractivity contribution in [3.8, 4) is 11.1 Å². The van der Waals surface area contributed by atoms with Crippen LogP contribution in [0.15, 0.2) is 54.6 Å². The zero-order chi connectivity index (χ0) is 15.8. The van der Waals surface area contributed by atoms with E-state index in [0.717, 1.165) is 16.8 Å². The maximum Gasteiger partial charge on any atom is 0.241 e. The molecule has 0 aromatic heterocycles. The van der Waals surface area contributed by atoms with Crippen molar-refractivity contribution >= 4 is 11.6 Å². The maximum atomic E-state index is 12.3. The van der Waals surface area contributed by atoms with Crippen LogP contribution in [-0.4, -0.2) is 32.2 Å². The van der Waals surface area contributed by atoms with E-state index < -0.39 is 0 Å². The van der Waals surface area contributed by atoms with Crippen LogP contribution in [0.25, 0.3) is 11.1 Å². The fraction of sp³-hybridized carbons (Fsp3) is 0.278. The monoisotopic (exact) mass is 298 g/mol. The number of carbonyl (C=O) groups excluding carboxylic acids is 1. The average Bonchev–Trinajstić information content (AvgIpc) is 2.56. The van der Waals surface area contributed by atoms with E-state index in [-0.39, 0.29) is 11.9 Å². The number of para-hydroxylation sites is 1. The number of anilines is 1. The number of ether oxygens (including phenoxy) is 1. The van der Waals surface area contributed by atoms with Gasteiger partial charge in [0.25, 0.3) is 0 Å². The molecule has 0 saturated carbocycles. The van der Waals surface area contributed by atoms with Crippen LogP contribution < -0.4 is 10.6 Å². The normalized spacial score (nSPS) is 11.9. The van der Waals surface area contributed by atoms with Gasteiger partial charge in [-0.05, 0) is 18.6 Å². The summed E-state index contributed by atoms with van der Waals surface area (Å²) in [4.78, 5) is 12.3. The molecule has 2 rings (SSSR count). The molecular weight excluding hydrogens is 276 g/mol. The minimum atomic E-state index is -0.279. The number of hydrogen-bond donors (Lipinski definition) is 2. The Balaban J connectivity index is 2.08. The second kappa shape index (κ2) is 8.32. The highest BCUT2D eigenvalue weighted by atomic mass is 16.5. The molecule has 2 N–H and O–H groups in total. The van der Waals surface area contributed by atoms with E-state index in [1.807, 2.05) is 61.5 Å². The fourth-order valence-corrected chi connectivity index (χ4v) is 2.17. The SMILES string of the molecule is COCCN[C@H](C)C(=O)Nc1ccccc1-c1ccccc1. The van der Waals surface area contributed by atoms with Gasteiger partial charge in [0, 0.05) is 24.9 Å². The lowest BCUT2D eigenvalue weighted by atomic mass is 10.0. The Morgan fingerprint density at radius 1 is 1.09 bits per heavy atom. The summed E-state index contributed by atoms with van der Waals surface area (Å²) in [7, 11) is 1.64. The molecule has 0 bridgehead atoms. The number of nitrogens with one attached hydrogen (secondary N) is 2. The van der Waals surface area contributed by atoms with Gasteiger partial charge in [-0.15, -0.1) is 0 Å². The zero-order valence-corrected chi connectivity index (χ0v) is 13.0. The smallest absolute Gasteiger partial charge is 0.241 e. The Kier molecular flexibility index (Phi) is 6.13. The summed E-state index contributed by atoms with van der Waals surface area (Å²) < 4.78 is 4.97. The van der Waals surface area contributed by atoms with E-state index in [1.54, 1.807) is 7.11 Å². The van der Waals surface area contributed by atoms with Gasteiger partial charge in [0.2, 0.25) is 5.91 Å². The van der Waals surface area contributed by atoms with Crippen LogP contribution in [0.4, 0.5) is 5.69 Å². The summed E-state index contributed by atoms with van der Waals surface area (Å²) in [6.45, 7) is 3.07. The van der Waals surface area contributed by atoms with Gasteiger partial charge in [-0.1, -0.05) is 48.5 Å². The number of carbonyl (C=O) groups is 1. The van der Waals surface area contributed by atoms with Gasteiger partial charge in [0.05, 0.1) is 12.6 Å². The quantitative estimate of drug-likeness (QED) is 0.773. The van der Waals surface area contributed by atoms with E-state index in [2.05, 4.69) is 10.6 Å². The first-order valence-corrected chi connectivity index (χ1v) is 7.40. The summed E-state index contributed by atoms with van der Waals surface area (Å²) in [6.07, 6.45) is 0. The van der Waals surface area contributed by atoms with Crippen molar-refractivity contribution in [1.29, 1.82) is 0 Å². The standard InChI is InChI=1S/C18H22N2O2/c1-14(19-12-13-22-2)18(21)20-17-11-7-6-10-16(17)15-8-4-3-5-9-15/h3-11,14,19H,12-13H2,1-2H3,(H,20,21)/t14-/m1/s1. The van der Waals surface area contributed by atoms with Gasteiger partial charge in [-0.2, -0.15) is 0 Å². The molecule has 0 aliphatic heterocycles. The first kappa shape index (κ1) is 16.2. The summed E-state index contributed by atoms with van der Waals surface area (Å²) in [5.41, 5.74) is 2.91. The minimum Gasteiger partial charge on any atom is -0.383 e. The topological polar surface area (TPSA) is 50.4 Å². The highest BCUT2D eigenvalue weighted by Crippen LogP contribution is 2.27. The van der Waals surface area contributed by atoms with Crippen LogP contribution >= 0.6 is 0 Å². The molecule has 116 valence electrons. The summed E-state index contributed by atoms with van der Waals surface area (Å²) in [6, 6.07) is 17.6. The first-order valence-electron chi connectivity index (χ1n) is 7.40. The molecule has 1 amide bonds. The van der Waals surface area contributed by atoms with Gasteiger partial charge < -0.3 is 15.4 Å². The molecule has 0 spiro atoms. The number of methoxy groups -OCH3 is 1. The van der Waals surface area contributed by atoms with Crippen LogP contribution in [0.2, 0.25) is 0 Å². The molecular formula is C18H22N2O2. The molecule has 0 fully saturated rings. The van der Waals surface area contributed by atoms with Gasteiger partial charge in [-0.25, -0.2) is 0 Å². The molecule has 0 saturated heterocycles. The molecule has 1 atom stereocenters. The van der Waals surface area contributed by atoms with Crippen molar-refractivity contribution in [1.82, 2.24) is 5.32 Å². The van der Waals surface area contributed by atoms with Crippen LogP contribution in [0.3, 0.4) is 0 Å². The van der Waals surface area contributed by atoms with Gasteiger partial charge >= 0.3 is 0 Å². The molecule has 22 heavy (non-hydrogen) atoms. The van der Waals surface area contributed by atoms with Crippen LogP contribution in [0, 0.1) is 0 Å². The van der Waals surface area contributed by atoms with Crippen molar-refractivity contribution in [3.63, 3.8) is 0 Å². The lowest BCUT2D eigenvalue weighted by Gasteiger charge is -2.16. The van der Waals surface area contributed by atoms with Crippen LogP contribution in [-0.2, 0) is 9.53 Å². The minimum absolute atomic E-state index is 0.0560. The van der Waals surface area contributed by atoms with Gasteiger partial charge in [0.1, 0.15) is 0 Å². The molecule has 0 radical (unpaired) electrons. The number of benzene rings is 2. The second-order valence-electron chi connectivity index (χ2n) is 5.07. The maximum absolute atomic E-state index is 12.3. The lowest BCUT2D eigenvalue weighted by Crippen LogP contribution is -2.39. The third-order valence-electron chi connectivity index (χ3n) is 3.42. The van der Waals surface area contributed by atoms with E-state index in [4.69, 9.17) is 4.74 Å². The summed E-state index contributed by atoms with van der Waals surface area (Å²) in [5.74, 6) is -0.0560. The van der Waals surface area contributed by atoms with Crippen molar-refractivity contribution in [2.45, 2.75) is 13.0 Å². The average molecular weight is 298 g/mol. The van der Waals surface area contributed by atoms with E-state index >= 15 is 0 Å². The molecule has 2 aromatic rings. The molecule has 0 unspecified atom stereocenters. The lowest BCUT2D eigenvalue weighted by molar-refractivity contribution is -0.117. The van der Waals surface area contributed by atoms with Crippen molar-refractivity contribution < 1.29 is 9.53 Å². The molecule has 2 aromatic carbocycles. The second-order valence-corrected chi connectivity index (χ2v) is 5.07. The van der Waals surface area contributed by atoms with Crippen LogP contribution in [0.1, 0.15) is 6.92 Å². The number of rotatable bonds is 7. The van der Waals surface area contributed by atoms with Crippen molar-refractivity contribution in [2.24, 2.45) is 0 Å². The highest BCUT2D eigenvalue weighted by Gasteiger charge is 2.14. The first-order chi connectivity index (χ1) is 10.7. The Labute approximate surface area is 131 Å². The third kappa shape index (κ3) is 4.41. The van der Waals surface area contributed by atoms with Crippen LogP contribution in [0.5, 0.6) is 0 Å². The van der Waals surface area contributed by atoms with Crippen molar-refractivity contribution in [2.75, 3.05) is 25.6 Å². The summed E-state index contributed by atoms with van der Waals surface area (Å²) in [5, 5.41) is 6.12. The zero-order valence-electron chi connectivity index (χ0n) is 13.0. The Morgan fingerprint density at radius 3 is 2.50 bits per heavy atom. The largest absolute Gasteiger partial charge is 0.383 e. The Bertz CT molecular complexity index is 599. The molecule has 0 aliphatic carbocycles. The Morgan fingerprint density at radius 2 is 1.77 bits per heavy atom. The predicted molar refractivity (Wildman–Crippen MR) is 89.8 cm³/mol. The molecule has 4 nitrogen and oxygen atoms in total. The number of hydrogen-bond acceptors (Lipinski definition) is 3. The highest BCUT2D eigenvalue weighted by molar-refractivity contribution is 5.98. The van der Waals surface area contributed by atoms with E-state index in [1.165, 1.54) is 0 Å². The van der Waals surface area contributed by atoms with E-state index in [9.17, 15) is 4.79 Å². The third-order valence-corrected chi connectivity index (χ3v) is 3.42. The number of amides is 1. The van der Waals surface area contributed by atoms with Gasteiger partial charge in [-0.3, -0.25) is 4.79 Å². The Hall–Kier alpha value is -2.17. The molecule has 0 heterocycles. The molecule has 4 heteroatoms. The van der Waals surface area contributed by atoms with Gasteiger partial charge in [0.15, 0.2) is 0 Å². The predicted octanol–water partition coefficient (Wildman–Crippen LogP) is 2.92. The molecule has 0 aliphatic rings.